The van der Waals surface area contributed by atoms with Gasteiger partial charge in [0, 0.05) is 20.3 Å². The Morgan fingerprint density at radius 3 is 2.55 bits per heavy atom. The zero-order chi connectivity index (χ0) is 27.7. The van der Waals surface area contributed by atoms with Gasteiger partial charge in [-0.1, -0.05) is 24.3 Å². The van der Waals surface area contributed by atoms with E-state index in [-0.39, 0.29) is 42.7 Å². The van der Waals surface area contributed by atoms with E-state index >= 15 is 0 Å². The monoisotopic (exact) mass is 530 g/mol. The lowest BCUT2D eigenvalue weighted by Crippen LogP contribution is -2.30. The largest absolute Gasteiger partial charge is 0.461 e. The van der Waals surface area contributed by atoms with Crippen LogP contribution in [-0.4, -0.2) is 78.2 Å². The molecule has 0 aliphatic rings. The van der Waals surface area contributed by atoms with Crippen molar-refractivity contribution in [2.45, 2.75) is 45.3 Å². The number of H-pyrrole nitrogens is 1. The molecular formula is C26H38N6O6. The van der Waals surface area contributed by atoms with Crippen LogP contribution in [-0.2, 0) is 25.4 Å². The fourth-order valence-electron chi connectivity index (χ4n) is 3.94. The topological polar surface area (TPSA) is 156 Å². The van der Waals surface area contributed by atoms with Crippen molar-refractivity contribution in [1.82, 2.24) is 24.8 Å². The first kappa shape index (κ1) is 29.1. The molecule has 0 bridgehead atoms. The van der Waals surface area contributed by atoms with Crippen LogP contribution >= 0.6 is 0 Å². The van der Waals surface area contributed by atoms with Crippen molar-refractivity contribution in [1.29, 1.82) is 0 Å². The molecule has 2 aromatic heterocycles. The van der Waals surface area contributed by atoms with Crippen LogP contribution in [0.15, 0.2) is 29.1 Å². The first-order valence-corrected chi connectivity index (χ1v) is 12.6. The summed E-state index contributed by atoms with van der Waals surface area (Å²) in [5.74, 6) is -0.239. The van der Waals surface area contributed by atoms with E-state index in [9.17, 15) is 9.59 Å². The number of aromatic amines is 1. The second-order valence-electron chi connectivity index (χ2n) is 9.79. The number of rotatable bonds is 14. The molecule has 4 N–H and O–H groups in total. The Morgan fingerprint density at radius 1 is 1.16 bits per heavy atom. The number of nitrogen functional groups attached to an aromatic ring is 1. The highest BCUT2D eigenvalue weighted by atomic mass is 16.6. The van der Waals surface area contributed by atoms with E-state index in [0.717, 1.165) is 24.0 Å². The normalized spacial score (nSPS) is 12.6. The first-order valence-electron chi connectivity index (χ1n) is 12.6. The molecule has 12 nitrogen and oxygen atoms in total. The summed E-state index contributed by atoms with van der Waals surface area (Å²) in [6.07, 6.45) is 1.54. The van der Waals surface area contributed by atoms with Gasteiger partial charge in [0.1, 0.15) is 24.3 Å². The van der Waals surface area contributed by atoms with Gasteiger partial charge in [-0.3, -0.25) is 4.57 Å². The summed E-state index contributed by atoms with van der Waals surface area (Å²) in [5.41, 5.74) is 7.98. The SMILES string of the molecule is CNCC(c1ccc(CCCOCC(=O)OC(C)(C)C)cc1)n1c(=O)[nH]c2c(N)nc(OCCOC)nc21. The standard InChI is InChI=1S/C26H38N6O6/c1-26(2,3)38-20(33)16-36-12-6-7-17-8-10-18(11-9-17)19(15-28-4)32-23-21(29-25(32)34)22(27)30-24(31-23)37-14-13-35-5/h8-11,19,28H,6-7,12-16H2,1-5H3,(H,29,34)(H2,27,30,31). The number of carbonyl (C=O) groups is 1. The number of nitrogens with one attached hydrogen (secondary N) is 2. The van der Waals surface area contributed by atoms with Gasteiger partial charge in [0.2, 0.25) is 0 Å². The number of benzene rings is 1. The highest BCUT2D eigenvalue weighted by Gasteiger charge is 2.22. The van der Waals surface area contributed by atoms with Crippen LogP contribution in [0.25, 0.3) is 11.2 Å². The van der Waals surface area contributed by atoms with Crippen molar-refractivity contribution in [3.05, 3.63) is 45.9 Å². The van der Waals surface area contributed by atoms with Crippen molar-refractivity contribution in [3.8, 4) is 6.01 Å². The van der Waals surface area contributed by atoms with Crippen molar-refractivity contribution >= 4 is 23.0 Å². The number of hydrogen-bond donors (Lipinski definition) is 3. The van der Waals surface area contributed by atoms with Crippen molar-refractivity contribution < 1.29 is 23.7 Å². The molecule has 1 atom stereocenters. The maximum Gasteiger partial charge on any atom is 0.332 e. The molecule has 3 rings (SSSR count). The number of nitrogens with two attached hydrogens (primary N) is 1. The first-order chi connectivity index (χ1) is 18.1. The number of carbonyl (C=O) groups excluding carboxylic acids is 1. The van der Waals surface area contributed by atoms with Crippen molar-refractivity contribution in [2.75, 3.05) is 52.9 Å². The molecule has 0 spiro atoms. The molecule has 208 valence electrons. The number of fused-ring (bicyclic) bond motifs is 1. The van der Waals surface area contributed by atoms with E-state index in [2.05, 4.69) is 20.3 Å². The van der Waals surface area contributed by atoms with Gasteiger partial charge in [-0.15, -0.1) is 0 Å². The van der Waals surface area contributed by atoms with Gasteiger partial charge >= 0.3 is 17.7 Å². The lowest BCUT2D eigenvalue weighted by atomic mass is 10.0. The number of ether oxygens (including phenoxy) is 4. The molecule has 12 heteroatoms. The average Bonchev–Trinajstić information content (AvgIpc) is 3.18. The van der Waals surface area contributed by atoms with Crippen LogP contribution < -0.4 is 21.5 Å². The third kappa shape index (κ3) is 8.01. The van der Waals surface area contributed by atoms with Gasteiger partial charge in [-0.05, 0) is 51.8 Å². The van der Waals surface area contributed by atoms with E-state index in [1.807, 2.05) is 52.1 Å². The molecule has 2 heterocycles. The highest BCUT2D eigenvalue weighted by Crippen LogP contribution is 2.24. The van der Waals surface area contributed by atoms with Gasteiger partial charge in [-0.25, -0.2) is 9.59 Å². The Bertz CT molecular complexity index is 1250. The highest BCUT2D eigenvalue weighted by molar-refractivity contribution is 5.82. The smallest absolute Gasteiger partial charge is 0.332 e. The summed E-state index contributed by atoms with van der Waals surface area (Å²) in [4.78, 5) is 36.1. The van der Waals surface area contributed by atoms with Crippen LogP contribution in [0.1, 0.15) is 44.4 Å². The van der Waals surface area contributed by atoms with Gasteiger partial charge in [-0.2, -0.15) is 9.97 Å². The fraction of sp³-hybridized carbons (Fsp3) is 0.538. The van der Waals surface area contributed by atoms with E-state index in [4.69, 9.17) is 24.7 Å². The van der Waals surface area contributed by atoms with Crippen LogP contribution in [0.4, 0.5) is 5.82 Å². The Balaban J connectivity index is 1.70. The number of methoxy groups -OCH3 is 1. The molecule has 0 aliphatic carbocycles. The summed E-state index contributed by atoms with van der Waals surface area (Å²) in [7, 11) is 3.39. The minimum atomic E-state index is -0.523. The van der Waals surface area contributed by atoms with Crippen LogP contribution in [0.5, 0.6) is 6.01 Å². The van der Waals surface area contributed by atoms with Crippen LogP contribution in [0, 0.1) is 0 Å². The second-order valence-corrected chi connectivity index (χ2v) is 9.79. The molecule has 0 saturated heterocycles. The van der Waals surface area contributed by atoms with E-state index < -0.39 is 5.60 Å². The number of likely N-dealkylation sites (N-methyl/N-ethyl adjacent to an activating group) is 1. The minimum absolute atomic E-state index is 0.0610. The van der Waals surface area contributed by atoms with Crippen LogP contribution in [0.3, 0.4) is 0 Å². The van der Waals surface area contributed by atoms with Crippen molar-refractivity contribution in [2.24, 2.45) is 0 Å². The number of anilines is 1. The number of esters is 1. The lowest BCUT2D eigenvalue weighted by molar-refractivity contribution is -0.160. The predicted octanol–water partition coefficient (Wildman–Crippen LogP) is 1.83. The average molecular weight is 531 g/mol. The molecule has 0 fully saturated rings. The van der Waals surface area contributed by atoms with Crippen molar-refractivity contribution in [3.63, 3.8) is 0 Å². The Hall–Kier alpha value is -3.48. The maximum absolute atomic E-state index is 13.0. The number of aromatic nitrogens is 4. The number of aryl methyl sites for hydroxylation is 1. The molecule has 0 amide bonds. The summed E-state index contributed by atoms with van der Waals surface area (Å²) in [6.45, 7) is 6.96. The zero-order valence-corrected chi connectivity index (χ0v) is 22.7. The molecular weight excluding hydrogens is 492 g/mol. The summed E-state index contributed by atoms with van der Waals surface area (Å²) < 4.78 is 22.8. The zero-order valence-electron chi connectivity index (χ0n) is 22.7. The minimum Gasteiger partial charge on any atom is -0.461 e. The van der Waals surface area contributed by atoms with E-state index in [1.54, 1.807) is 11.7 Å². The fourth-order valence-corrected chi connectivity index (χ4v) is 3.94. The lowest BCUT2D eigenvalue weighted by Gasteiger charge is -2.19. The van der Waals surface area contributed by atoms with E-state index in [1.165, 1.54) is 0 Å². The number of nitrogens with zero attached hydrogens (tertiary/aromatic N) is 3. The predicted molar refractivity (Wildman–Crippen MR) is 143 cm³/mol. The van der Waals surface area contributed by atoms with Gasteiger partial charge in [0.05, 0.1) is 12.6 Å². The number of hydrogen-bond acceptors (Lipinski definition) is 10. The molecule has 0 saturated carbocycles. The van der Waals surface area contributed by atoms with Gasteiger partial charge in [0.25, 0.3) is 0 Å². The van der Waals surface area contributed by atoms with E-state index in [0.29, 0.717) is 30.9 Å². The quantitative estimate of drug-likeness (QED) is 0.208. The molecule has 0 aliphatic heterocycles. The Morgan fingerprint density at radius 2 is 1.89 bits per heavy atom. The molecule has 38 heavy (non-hydrogen) atoms. The Kier molecular flexibility index (Phi) is 10.2. The number of imidazole rings is 1. The second kappa shape index (κ2) is 13.4. The molecule has 3 aromatic rings. The summed E-state index contributed by atoms with van der Waals surface area (Å²) in [6, 6.07) is 7.75. The maximum atomic E-state index is 13.0. The molecule has 0 radical (unpaired) electrons. The van der Waals surface area contributed by atoms with Gasteiger partial charge < -0.3 is 35.0 Å². The van der Waals surface area contributed by atoms with Gasteiger partial charge in [0.15, 0.2) is 11.5 Å². The summed E-state index contributed by atoms with van der Waals surface area (Å²) >= 11 is 0. The molecule has 1 unspecified atom stereocenters. The third-order valence-electron chi connectivity index (χ3n) is 5.56. The summed E-state index contributed by atoms with van der Waals surface area (Å²) in [5, 5.41) is 3.15. The van der Waals surface area contributed by atoms with Crippen LogP contribution in [0.2, 0.25) is 0 Å². The Labute approximate surface area is 221 Å². The molecule has 1 aromatic carbocycles. The third-order valence-corrected chi connectivity index (χ3v) is 5.56.